The molecule has 0 aliphatic heterocycles. The first-order valence-corrected chi connectivity index (χ1v) is 6.48. The highest BCUT2D eigenvalue weighted by molar-refractivity contribution is 5.73. The lowest BCUT2D eigenvalue weighted by Gasteiger charge is -2.16. The van der Waals surface area contributed by atoms with Gasteiger partial charge in [-0.25, -0.2) is 0 Å². The van der Waals surface area contributed by atoms with E-state index in [0.29, 0.717) is 23.6 Å². The number of alkyl halides is 3. The molecule has 1 fully saturated rings. The average molecular weight is 265 g/mol. The van der Waals surface area contributed by atoms with Crippen LogP contribution in [0.1, 0.15) is 42.9 Å². The van der Waals surface area contributed by atoms with Gasteiger partial charge in [0.1, 0.15) is 0 Å². The Morgan fingerprint density at radius 3 is 2.53 bits per heavy atom. The summed E-state index contributed by atoms with van der Waals surface area (Å²) < 4.78 is 38.1. The molecule has 1 heterocycles. The first-order chi connectivity index (χ1) is 9.04. The van der Waals surface area contributed by atoms with Crippen molar-refractivity contribution in [3.8, 4) is 0 Å². The van der Waals surface area contributed by atoms with E-state index in [1.54, 1.807) is 6.20 Å². The van der Waals surface area contributed by atoms with Crippen LogP contribution in [0, 0.1) is 0 Å². The van der Waals surface area contributed by atoms with E-state index in [1.807, 2.05) is 18.2 Å². The van der Waals surface area contributed by atoms with E-state index < -0.39 is 11.7 Å². The predicted molar refractivity (Wildman–Crippen MR) is 67.6 cm³/mol. The Morgan fingerprint density at radius 1 is 1.16 bits per heavy atom. The molecule has 2 aliphatic carbocycles. The summed E-state index contributed by atoms with van der Waals surface area (Å²) in [5, 5.41) is 0. The predicted octanol–water partition coefficient (Wildman–Crippen LogP) is 4.62. The molecule has 0 N–H and O–H groups in total. The number of hydrogen-bond donors (Lipinski definition) is 0. The Bertz CT molecular complexity index is 534. The minimum atomic E-state index is -4.23. The molecule has 0 amide bonds. The van der Waals surface area contributed by atoms with Gasteiger partial charge in [0.15, 0.2) is 0 Å². The number of nitrogens with zero attached hydrogens (tertiary/aromatic N) is 1. The highest BCUT2D eigenvalue weighted by Gasteiger charge is 2.34. The van der Waals surface area contributed by atoms with E-state index in [4.69, 9.17) is 0 Å². The van der Waals surface area contributed by atoms with Gasteiger partial charge in [-0.2, -0.15) is 13.2 Å². The summed E-state index contributed by atoms with van der Waals surface area (Å²) in [4.78, 5) is 4.30. The van der Waals surface area contributed by atoms with Crippen LogP contribution in [0.2, 0.25) is 0 Å². The van der Waals surface area contributed by atoms with Gasteiger partial charge in [0, 0.05) is 11.8 Å². The summed E-state index contributed by atoms with van der Waals surface area (Å²) in [6.07, 6.45) is 3.50. The summed E-state index contributed by atoms with van der Waals surface area (Å²) >= 11 is 0. The molecular formula is C15H14F3N. The van der Waals surface area contributed by atoms with Crippen molar-refractivity contribution in [1.82, 2.24) is 4.98 Å². The summed E-state index contributed by atoms with van der Waals surface area (Å²) in [5.41, 5.74) is 1.95. The molecule has 3 rings (SSSR count). The number of halogens is 3. The Morgan fingerprint density at radius 2 is 1.95 bits per heavy atom. The molecule has 0 spiro atoms. The second kappa shape index (κ2) is 4.51. The summed E-state index contributed by atoms with van der Waals surface area (Å²) in [6.45, 7) is 0. The zero-order chi connectivity index (χ0) is 13.5. The van der Waals surface area contributed by atoms with Crippen LogP contribution in [-0.4, -0.2) is 11.2 Å². The highest BCUT2D eigenvalue weighted by atomic mass is 19.4. The van der Waals surface area contributed by atoms with E-state index >= 15 is 0 Å². The van der Waals surface area contributed by atoms with Crippen LogP contribution < -0.4 is 0 Å². The third-order valence-electron chi connectivity index (χ3n) is 3.60. The van der Waals surface area contributed by atoms with Gasteiger partial charge in [-0.05, 0) is 54.9 Å². The lowest BCUT2D eigenvalue weighted by molar-refractivity contribution is -0.0939. The van der Waals surface area contributed by atoms with Crippen LogP contribution in [0.4, 0.5) is 13.2 Å². The first-order valence-electron chi connectivity index (χ1n) is 6.48. The molecule has 0 saturated heterocycles. The molecular weight excluding hydrogens is 251 g/mol. The molecule has 4 heteroatoms. The van der Waals surface area contributed by atoms with Crippen LogP contribution in [0.25, 0.3) is 5.57 Å². The van der Waals surface area contributed by atoms with Crippen LogP contribution in [0.5, 0.6) is 0 Å². The maximum Gasteiger partial charge on any atom is 0.412 e. The Hall–Kier alpha value is -1.58. The molecule has 2 aliphatic rings. The number of pyridine rings is 1. The molecule has 1 saturated carbocycles. The van der Waals surface area contributed by atoms with E-state index in [9.17, 15) is 13.2 Å². The molecule has 1 aromatic rings. The Labute approximate surface area is 109 Å². The van der Waals surface area contributed by atoms with Crippen molar-refractivity contribution < 1.29 is 13.2 Å². The van der Waals surface area contributed by atoms with Crippen molar-refractivity contribution in [2.24, 2.45) is 0 Å². The molecule has 19 heavy (non-hydrogen) atoms. The van der Waals surface area contributed by atoms with Gasteiger partial charge >= 0.3 is 6.18 Å². The summed E-state index contributed by atoms with van der Waals surface area (Å²) in [7, 11) is 0. The monoisotopic (exact) mass is 265 g/mol. The summed E-state index contributed by atoms with van der Waals surface area (Å²) in [6, 6.07) is 3.81. The third kappa shape index (κ3) is 2.72. The smallest absolute Gasteiger partial charge is 0.256 e. The molecule has 0 radical (unpaired) electrons. The SMILES string of the molecule is FC(F)(F)C1=CC(c2ccc(C3CC3)cn2)=CCC1. The number of aromatic nitrogens is 1. The average Bonchev–Trinajstić information content (AvgIpc) is 3.22. The van der Waals surface area contributed by atoms with Crippen LogP contribution in [0.15, 0.2) is 36.1 Å². The number of allylic oxidation sites excluding steroid dienone is 4. The molecule has 0 aromatic carbocycles. The van der Waals surface area contributed by atoms with Gasteiger partial charge in [0.2, 0.25) is 0 Å². The lowest BCUT2D eigenvalue weighted by atomic mass is 9.96. The van der Waals surface area contributed by atoms with Gasteiger partial charge in [0.25, 0.3) is 0 Å². The maximum atomic E-state index is 12.7. The van der Waals surface area contributed by atoms with Crippen LogP contribution >= 0.6 is 0 Å². The van der Waals surface area contributed by atoms with E-state index in [-0.39, 0.29) is 6.42 Å². The van der Waals surface area contributed by atoms with Crippen molar-refractivity contribution in [1.29, 1.82) is 0 Å². The quantitative estimate of drug-likeness (QED) is 0.760. The second-order valence-electron chi connectivity index (χ2n) is 5.12. The standard InChI is InChI=1S/C15H14F3N/c16-15(17,18)13-3-1-2-11(8-13)14-7-6-12(9-19-14)10-4-5-10/h2,6-10H,1,3-5H2. The molecule has 1 aromatic heterocycles. The summed E-state index contributed by atoms with van der Waals surface area (Å²) in [5.74, 6) is 0.614. The zero-order valence-corrected chi connectivity index (χ0v) is 10.4. The topological polar surface area (TPSA) is 12.9 Å². The van der Waals surface area contributed by atoms with E-state index in [2.05, 4.69) is 4.98 Å². The fourth-order valence-electron chi connectivity index (χ4n) is 2.34. The minimum absolute atomic E-state index is 0.0627. The molecule has 0 atom stereocenters. The van der Waals surface area contributed by atoms with Crippen molar-refractivity contribution >= 4 is 5.57 Å². The normalized spacial score (nSPS) is 19.9. The van der Waals surface area contributed by atoms with Gasteiger partial charge in [0.05, 0.1) is 5.69 Å². The first kappa shape index (κ1) is 12.5. The molecule has 100 valence electrons. The highest BCUT2D eigenvalue weighted by Crippen LogP contribution is 2.40. The van der Waals surface area contributed by atoms with Crippen molar-refractivity contribution in [2.75, 3.05) is 0 Å². The fourth-order valence-corrected chi connectivity index (χ4v) is 2.34. The van der Waals surface area contributed by atoms with Gasteiger partial charge < -0.3 is 0 Å². The van der Waals surface area contributed by atoms with Crippen LogP contribution in [-0.2, 0) is 0 Å². The fraction of sp³-hybridized carbons (Fsp3) is 0.400. The minimum Gasteiger partial charge on any atom is -0.256 e. The molecule has 1 nitrogen and oxygen atoms in total. The van der Waals surface area contributed by atoms with Crippen LogP contribution in [0.3, 0.4) is 0 Å². The number of rotatable bonds is 2. The molecule has 0 bridgehead atoms. The van der Waals surface area contributed by atoms with E-state index in [1.165, 1.54) is 24.5 Å². The Kier molecular flexibility index (Phi) is 2.96. The Balaban J connectivity index is 1.85. The second-order valence-corrected chi connectivity index (χ2v) is 5.12. The third-order valence-corrected chi connectivity index (χ3v) is 3.60. The van der Waals surface area contributed by atoms with Gasteiger partial charge in [-0.3, -0.25) is 4.98 Å². The number of hydrogen-bond acceptors (Lipinski definition) is 1. The van der Waals surface area contributed by atoms with Crippen molar-refractivity contribution in [3.05, 3.63) is 47.3 Å². The van der Waals surface area contributed by atoms with Crippen molar-refractivity contribution in [3.63, 3.8) is 0 Å². The molecule has 0 unspecified atom stereocenters. The lowest BCUT2D eigenvalue weighted by Crippen LogP contribution is -2.13. The van der Waals surface area contributed by atoms with Crippen molar-refractivity contribution in [2.45, 2.75) is 37.8 Å². The maximum absolute atomic E-state index is 12.7. The van der Waals surface area contributed by atoms with E-state index in [0.717, 1.165) is 0 Å². The van der Waals surface area contributed by atoms with Gasteiger partial charge in [-0.1, -0.05) is 12.1 Å². The largest absolute Gasteiger partial charge is 0.412 e. The zero-order valence-electron chi connectivity index (χ0n) is 10.4. The van der Waals surface area contributed by atoms with Gasteiger partial charge in [-0.15, -0.1) is 0 Å².